The molecule has 122 valence electrons. The summed E-state index contributed by atoms with van der Waals surface area (Å²) in [6.07, 6.45) is 2.61. The fourth-order valence-corrected chi connectivity index (χ4v) is 2.87. The number of aryl methyl sites for hydroxylation is 1. The van der Waals surface area contributed by atoms with Gasteiger partial charge in [-0.25, -0.2) is 13.1 Å². The second kappa shape index (κ2) is 6.20. The van der Waals surface area contributed by atoms with Gasteiger partial charge in [-0.3, -0.25) is 9.78 Å². The fraction of sp³-hybridized carbons (Fsp3) is 0.0667. The first-order chi connectivity index (χ1) is 11.5. The van der Waals surface area contributed by atoms with E-state index in [1.807, 2.05) is 4.72 Å². The van der Waals surface area contributed by atoms with Gasteiger partial charge in [-0.15, -0.1) is 0 Å². The Morgan fingerprint density at radius 3 is 2.50 bits per heavy atom. The number of carbonyl (C=O) groups is 1. The van der Waals surface area contributed by atoms with E-state index in [0.717, 1.165) is 6.20 Å². The van der Waals surface area contributed by atoms with E-state index in [9.17, 15) is 13.2 Å². The standard InChI is InChI=1S/C15H12N4O4S/c1-10-17-14(18-23-10)11-4-6-12(7-5-11)15(20)19-24(21,22)13-3-2-8-16-9-13/h2-9H,1H3,(H,19,20). The van der Waals surface area contributed by atoms with E-state index < -0.39 is 15.9 Å². The van der Waals surface area contributed by atoms with Crippen molar-refractivity contribution >= 4 is 15.9 Å². The first-order valence-corrected chi connectivity index (χ1v) is 8.32. The van der Waals surface area contributed by atoms with E-state index in [0.29, 0.717) is 17.3 Å². The van der Waals surface area contributed by atoms with Gasteiger partial charge in [-0.1, -0.05) is 17.3 Å². The highest BCUT2D eigenvalue weighted by molar-refractivity contribution is 7.90. The lowest BCUT2D eigenvalue weighted by Gasteiger charge is -2.06. The molecule has 3 rings (SSSR count). The number of benzene rings is 1. The third-order valence-electron chi connectivity index (χ3n) is 3.10. The summed E-state index contributed by atoms with van der Waals surface area (Å²) < 4.78 is 31.1. The third-order valence-corrected chi connectivity index (χ3v) is 4.42. The van der Waals surface area contributed by atoms with Gasteiger partial charge in [0.25, 0.3) is 15.9 Å². The average molecular weight is 344 g/mol. The first-order valence-electron chi connectivity index (χ1n) is 6.84. The number of rotatable bonds is 4. The van der Waals surface area contributed by atoms with Crippen LogP contribution in [0.4, 0.5) is 0 Å². The summed E-state index contributed by atoms with van der Waals surface area (Å²) in [4.78, 5) is 19.8. The summed E-state index contributed by atoms with van der Waals surface area (Å²) in [7, 11) is -3.97. The molecule has 9 heteroatoms. The number of nitrogens with zero attached hydrogens (tertiary/aromatic N) is 3. The van der Waals surface area contributed by atoms with Crippen LogP contribution >= 0.6 is 0 Å². The molecule has 24 heavy (non-hydrogen) atoms. The number of pyridine rings is 1. The Hall–Kier alpha value is -3.07. The van der Waals surface area contributed by atoms with Gasteiger partial charge in [0, 0.05) is 30.4 Å². The lowest BCUT2D eigenvalue weighted by Crippen LogP contribution is -2.30. The third kappa shape index (κ3) is 3.30. The molecule has 3 aromatic rings. The fourth-order valence-electron chi connectivity index (χ4n) is 1.93. The summed E-state index contributed by atoms with van der Waals surface area (Å²) in [5.41, 5.74) is 0.838. The van der Waals surface area contributed by atoms with Crippen molar-refractivity contribution in [1.82, 2.24) is 19.8 Å². The number of aromatic nitrogens is 3. The maximum atomic E-state index is 12.1. The Balaban J connectivity index is 1.78. The molecule has 0 unspecified atom stereocenters. The molecule has 1 aromatic carbocycles. The van der Waals surface area contributed by atoms with E-state index in [1.165, 1.54) is 30.5 Å². The Morgan fingerprint density at radius 1 is 1.17 bits per heavy atom. The van der Waals surface area contributed by atoms with Gasteiger partial charge in [0.15, 0.2) is 0 Å². The van der Waals surface area contributed by atoms with E-state index in [2.05, 4.69) is 15.1 Å². The zero-order chi connectivity index (χ0) is 17.2. The minimum Gasteiger partial charge on any atom is -0.339 e. The van der Waals surface area contributed by atoms with Crippen LogP contribution in [0, 0.1) is 6.92 Å². The zero-order valence-corrected chi connectivity index (χ0v) is 13.3. The minimum absolute atomic E-state index is 0.0859. The second-order valence-corrected chi connectivity index (χ2v) is 6.52. The van der Waals surface area contributed by atoms with E-state index in [-0.39, 0.29) is 10.5 Å². The Morgan fingerprint density at radius 2 is 1.92 bits per heavy atom. The van der Waals surface area contributed by atoms with Crippen molar-refractivity contribution in [3.63, 3.8) is 0 Å². The van der Waals surface area contributed by atoms with Gasteiger partial charge in [-0.2, -0.15) is 4.98 Å². The molecular weight excluding hydrogens is 332 g/mol. The molecule has 2 aromatic heterocycles. The first kappa shape index (κ1) is 15.8. The SMILES string of the molecule is Cc1nc(-c2ccc(C(=O)NS(=O)(=O)c3cccnc3)cc2)no1. The molecule has 2 heterocycles. The average Bonchev–Trinajstić information content (AvgIpc) is 3.02. The van der Waals surface area contributed by atoms with Crippen LogP contribution in [-0.2, 0) is 10.0 Å². The molecule has 0 bridgehead atoms. The van der Waals surface area contributed by atoms with Crippen LogP contribution in [0.3, 0.4) is 0 Å². The predicted octanol–water partition coefficient (Wildman–Crippen LogP) is 1.56. The quantitative estimate of drug-likeness (QED) is 0.763. The highest BCUT2D eigenvalue weighted by atomic mass is 32.2. The van der Waals surface area contributed by atoms with Crippen LogP contribution < -0.4 is 4.72 Å². The van der Waals surface area contributed by atoms with Crippen LogP contribution in [0.2, 0.25) is 0 Å². The largest absolute Gasteiger partial charge is 0.339 e. The molecule has 1 amide bonds. The summed E-state index contributed by atoms with van der Waals surface area (Å²) in [5.74, 6) is 0.0755. The van der Waals surface area contributed by atoms with Gasteiger partial charge in [-0.05, 0) is 24.3 Å². The number of sulfonamides is 1. The molecule has 0 saturated heterocycles. The van der Waals surface area contributed by atoms with Gasteiger partial charge in [0.2, 0.25) is 11.7 Å². The van der Waals surface area contributed by atoms with E-state index in [4.69, 9.17) is 4.52 Å². The van der Waals surface area contributed by atoms with Crippen molar-refractivity contribution in [2.75, 3.05) is 0 Å². The number of hydrogen-bond donors (Lipinski definition) is 1. The monoisotopic (exact) mass is 344 g/mol. The highest BCUT2D eigenvalue weighted by Gasteiger charge is 2.19. The van der Waals surface area contributed by atoms with Crippen molar-refractivity contribution in [3.8, 4) is 11.4 Å². The number of amides is 1. The molecule has 0 aliphatic carbocycles. The van der Waals surface area contributed by atoms with Crippen LogP contribution in [0.1, 0.15) is 16.2 Å². The van der Waals surface area contributed by atoms with Crippen molar-refractivity contribution in [1.29, 1.82) is 0 Å². The van der Waals surface area contributed by atoms with Crippen LogP contribution in [0.5, 0.6) is 0 Å². The molecule has 0 fully saturated rings. The molecule has 0 atom stereocenters. The Kier molecular flexibility index (Phi) is 4.09. The zero-order valence-electron chi connectivity index (χ0n) is 12.5. The molecule has 0 aliphatic rings. The number of hydrogen-bond acceptors (Lipinski definition) is 7. The van der Waals surface area contributed by atoms with Gasteiger partial charge in [0.1, 0.15) is 4.90 Å². The Labute approximate surface area is 137 Å². The maximum Gasteiger partial charge on any atom is 0.265 e. The highest BCUT2D eigenvalue weighted by Crippen LogP contribution is 2.16. The van der Waals surface area contributed by atoms with E-state index >= 15 is 0 Å². The van der Waals surface area contributed by atoms with Gasteiger partial charge in [0.05, 0.1) is 0 Å². The summed E-state index contributed by atoms with van der Waals surface area (Å²) in [6, 6.07) is 9.00. The van der Waals surface area contributed by atoms with Crippen LogP contribution in [0.25, 0.3) is 11.4 Å². The van der Waals surface area contributed by atoms with Gasteiger partial charge >= 0.3 is 0 Å². The molecule has 0 radical (unpaired) electrons. The molecule has 1 N–H and O–H groups in total. The number of carbonyl (C=O) groups excluding carboxylic acids is 1. The van der Waals surface area contributed by atoms with Crippen LogP contribution in [-0.4, -0.2) is 29.4 Å². The second-order valence-electron chi connectivity index (χ2n) is 4.84. The molecule has 0 saturated carbocycles. The molecule has 0 aliphatic heterocycles. The van der Waals surface area contributed by atoms with Crippen LogP contribution in [0.15, 0.2) is 58.2 Å². The maximum absolute atomic E-state index is 12.1. The smallest absolute Gasteiger partial charge is 0.265 e. The number of nitrogens with one attached hydrogen (secondary N) is 1. The lowest BCUT2D eigenvalue weighted by atomic mass is 10.1. The molecular formula is C15H12N4O4S. The minimum atomic E-state index is -3.97. The summed E-state index contributed by atoms with van der Waals surface area (Å²) >= 11 is 0. The topological polar surface area (TPSA) is 115 Å². The van der Waals surface area contributed by atoms with Crippen molar-refractivity contribution in [2.24, 2.45) is 0 Å². The summed E-state index contributed by atoms with van der Waals surface area (Å²) in [6.45, 7) is 1.67. The normalized spacial score (nSPS) is 11.2. The summed E-state index contributed by atoms with van der Waals surface area (Å²) in [5, 5.41) is 3.77. The molecule has 0 spiro atoms. The van der Waals surface area contributed by atoms with Gasteiger partial charge < -0.3 is 4.52 Å². The van der Waals surface area contributed by atoms with Crippen molar-refractivity contribution in [2.45, 2.75) is 11.8 Å². The lowest BCUT2D eigenvalue weighted by molar-refractivity contribution is 0.0981. The Bertz CT molecular complexity index is 966. The predicted molar refractivity (Wildman–Crippen MR) is 83.4 cm³/mol. The van der Waals surface area contributed by atoms with Crippen molar-refractivity contribution in [3.05, 3.63) is 60.2 Å². The van der Waals surface area contributed by atoms with E-state index in [1.54, 1.807) is 19.1 Å². The molecule has 8 nitrogen and oxygen atoms in total. The van der Waals surface area contributed by atoms with Crippen molar-refractivity contribution < 1.29 is 17.7 Å².